The molecule has 0 N–H and O–H groups in total. The molecule has 0 fully saturated rings. The van der Waals surface area contributed by atoms with Crippen molar-refractivity contribution in [1.82, 2.24) is 4.98 Å². The van der Waals surface area contributed by atoms with E-state index in [-0.39, 0.29) is 0 Å². The molecule has 0 radical (unpaired) electrons. The maximum absolute atomic E-state index is 4.87. The quantitative estimate of drug-likeness (QED) is 0.807. The highest BCUT2D eigenvalue weighted by Gasteiger charge is 2.31. The number of rotatable bonds is 4. The van der Waals surface area contributed by atoms with Crippen molar-refractivity contribution in [1.29, 1.82) is 0 Å². The first kappa shape index (κ1) is 14.9. The van der Waals surface area contributed by atoms with E-state index in [0.717, 1.165) is 6.42 Å². The third kappa shape index (κ3) is 3.92. The molecule has 0 aromatic carbocycles. The topological polar surface area (TPSA) is 12.9 Å². The Kier molecular flexibility index (Phi) is 4.59. The van der Waals surface area contributed by atoms with Crippen LogP contribution in [0.5, 0.6) is 0 Å². The lowest BCUT2D eigenvalue weighted by molar-refractivity contribution is 0.992. The van der Waals surface area contributed by atoms with Crippen LogP contribution in [0.4, 0.5) is 0 Å². The van der Waals surface area contributed by atoms with Gasteiger partial charge in [-0.1, -0.05) is 13.0 Å². The van der Waals surface area contributed by atoms with Crippen molar-refractivity contribution >= 4 is 20.1 Å². The highest BCUT2D eigenvalue weighted by atomic mass is 32.3. The molecule has 0 bridgehead atoms. The van der Waals surface area contributed by atoms with Gasteiger partial charge in [-0.05, 0) is 56.1 Å². The van der Waals surface area contributed by atoms with E-state index in [0.29, 0.717) is 4.58 Å². The van der Waals surface area contributed by atoms with E-state index in [1.807, 2.05) is 0 Å². The maximum atomic E-state index is 4.87. The van der Waals surface area contributed by atoms with Crippen molar-refractivity contribution in [2.24, 2.45) is 0 Å². The first-order valence-electron chi connectivity index (χ1n) is 5.96. The zero-order chi connectivity index (χ0) is 13.3. The molecule has 0 unspecified atom stereocenters. The Balaban J connectivity index is 3.23. The van der Waals surface area contributed by atoms with Gasteiger partial charge in [-0.3, -0.25) is 4.98 Å². The SMILES string of the molecule is CCc1cccc(C(S(C)(C)C)S(C)(C)C)n1. The van der Waals surface area contributed by atoms with Gasteiger partial charge in [0.1, 0.15) is 0 Å². The molecule has 0 aliphatic rings. The molecule has 1 rings (SSSR count). The summed E-state index contributed by atoms with van der Waals surface area (Å²) in [4.78, 5) is 4.87. The van der Waals surface area contributed by atoms with Crippen molar-refractivity contribution < 1.29 is 0 Å². The van der Waals surface area contributed by atoms with Gasteiger partial charge in [0, 0.05) is 5.69 Å². The van der Waals surface area contributed by atoms with Gasteiger partial charge in [-0.2, -0.15) is 0 Å². The Morgan fingerprint density at radius 2 is 1.53 bits per heavy atom. The number of aromatic nitrogens is 1. The molecule has 1 aromatic rings. The van der Waals surface area contributed by atoms with Gasteiger partial charge in [0.05, 0.1) is 10.3 Å². The molecule has 0 atom stereocenters. The van der Waals surface area contributed by atoms with Gasteiger partial charge in [-0.25, -0.2) is 20.1 Å². The minimum atomic E-state index is -0.626. The van der Waals surface area contributed by atoms with Crippen molar-refractivity contribution in [3.05, 3.63) is 29.6 Å². The number of pyridine rings is 1. The highest BCUT2D eigenvalue weighted by molar-refractivity contribution is 8.47. The monoisotopic (exact) mass is 273 g/mol. The van der Waals surface area contributed by atoms with Crippen molar-refractivity contribution in [2.45, 2.75) is 17.9 Å². The molecule has 1 heterocycles. The van der Waals surface area contributed by atoms with E-state index < -0.39 is 20.1 Å². The lowest BCUT2D eigenvalue weighted by Crippen LogP contribution is -2.16. The van der Waals surface area contributed by atoms with E-state index in [1.165, 1.54) is 11.4 Å². The fourth-order valence-corrected chi connectivity index (χ4v) is 11.1. The van der Waals surface area contributed by atoms with Gasteiger partial charge in [0.25, 0.3) is 0 Å². The summed E-state index contributed by atoms with van der Waals surface area (Å²) < 4.78 is 0.640. The number of aryl methyl sites for hydroxylation is 1. The second kappa shape index (κ2) is 5.23. The predicted molar refractivity (Wildman–Crippen MR) is 87.1 cm³/mol. The molecule has 0 amide bonds. The fraction of sp³-hybridized carbons (Fsp3) is 0.643. The molecular formula is C14H27NS2. The minimum absolute atomic E-state index is 0.626. The predicted octanol–water partition coefficient (Wildman–Crippen LogP) is 4.03. The zero-order valence-corrected chi connectivity index (χ0v) is 13.9. The molecule has 0 spiro atoms. The van der Waals surface area contributed by atoms with Crippen LogP contribution in [0.1, 0.15) is 22.9 Å². The molecule has 0 aliphatic carbocycles. The summed E-state index contributed by atoms with van der Waals surface area (Å²) in [6, 6.07) is 6.53. The molecule has 3 heteroatoms. The number of nitrogens with zero attached hydrogens (tertiary/aromatic N) is 1. The molecule has 1 nitrogen and oxygen atoms in total. The summed E-state index contributed by atoms with van der Waals surface area (Å²) in [5.41, 5.74) is 2.54. The second-order valence-corrected chi connectivity index (χ2v) is 15.1. The van der Waals surface area contributed by atoms with Crippen LogP contribution >= 0.6 is 20.1 Å². The highest BCUT2D eigenvalue weighted by Crippen LogP contribution is 2.68. The Bertz CT molecular complexity index is 361. The summed E-state index contributed by atoms with van der Waals surface area (Å²) in [7, 11) is -1.25. The summed E-state index contributed by atoms with van der Waals surface area (Å²) in [5, 5.41) is 0. The van der Waals surface area contributed by atoms with Crippen LogP contribution in [0, 0.1) is 0 Å². The third-order valence-electron chi connectivity index (χ3n) is 2.72. The minimum Gasteiger partial charge on any atom is -0.256 e. The summed E-state index contributed by atoms with van der Waals surface area (Å²) in [6.07, 6.45) is 15.5. The van der Waals surface area contributed by atoms with E-state index in [9.17, 15) is 0 Å². The van der Waals surface area contributed by atoms with Gasteiger partial charge in [0.2, 0.25) is 0 Å². The third-order valence-corrected chi connectivity index (χ3v) is 9.23. The van der Waals surface area contributed by atoms with Crippen molar-refractivity contribution in [2.75, 3.05) is 37.5 Å². The Morgan fingerprint density at radius 1 is 1.00 bits per heavy atom. The Labute approximate surface area is 110 Å². The van der Waals surface area contributed by atoms with Crippen LogP contribution < -0.4 is 0 Å². The first-order chi connectivity index (χ1) is 7.66. The van der Waals surface area contributed by atoms with E-state index in [2.05, 4.69) is 62.7 Å². The summed E-state index contributed by atoms with van der Waals surface area (Å²) in [6.45, 7) is 2.18. The first-order valence-corrected chi connectivity index (χ1v) is 11.8. The van der Waals surface area contributed by atoms with Crippen molar-refractivity contribution in [3.63, 3.8) is 0 Å². The molecule has 100 valence electrons. The molecule has 0 saturated carbocycles. The molecule has 1 aromatic heterocycles. The van der Waals surface area contributed by atoms with E-state index >= 15 is 0 Å². The van der Waals surface area contributed by atoms with Crippen LogP contribution in [0.3, 0.4) is 0 Å². The number of hydrogen-bond acceptors (Lipinski definition) is 1. The molecule has 0 saturated heterocycles. The van der Waals surface area contributed by atoms with Gasteiger partial charge >= 0.3 is 0 Å². The van der Waals surface area contributed by atoms with E-state index in [4.69, 9.17) is 4.98 Å². The smallest absolute Gasteiger partial charge is 0.0607 e. The van der Waals surface area contributed by atoms with Gasteiger partial charge < -0.3 is 0 Å². The average molecular weight is 274 g/mol. The molecular weight excluding hydrogens is 246 g/mol. The van der Waals surface area contributed by atoms with Crippen LogP contribution in [0.15, 0.2) is 18.2 Å². The Hall–Kier alpha value is -0.150. The summed E-state index contributed by atoms with van der Waals surface area (Å²) in [5.74, 6) is 0. The standard InChI is InChI=1S/C14H27NS2/c1-8-12-10-9-11-13(15-12)14(16(2,3)4)17(5,6)7/h9-11,14H,8H2,1-7H3. The van der Waals surface area contributed by atoms with Crippen LogP contribution in [0.25, 0.3) is 0 Å². The fourth-order valence-electron chi connectivity index (χ4n) is 2.42. The molecule has 0 aliphatic heterocycles. The number of hydrogen-bond donors (Lipinski definition) is 0. The van der Waals surface area contributed by atoms with Crippen LogP contribution in [-0.4, -0.2) is 42.5 Å². The average Bonchev–Trinajstić information content (AvgIpc) is 2.13. The Morgan fingerprint density at radius 3 is 1.94 bits per heavy atom. The lowest BCUT2D eigenvalue weighted by Gasteiger charge is -2.47. The normalized spacial score (nSPS) is 15.1. The lowest BCUT2D eigenvalue weighted by atomic mass is 10.3. The maximum Gasteiger partial charge on any atom is 0.0607 e. The summed E-state index contributed by atoms with van der Waals surface area (Å²) >= 11 is 0. The largest absolute Gasteiger partial charge is 0.256 e. The second-order valence-electron chi connectivity index (χ2n) is 6.10. The van der Waals surface area contributed by atoms with Crippen molar-refractivity contribution in [3.8, 4) is 0 Å². The van der Waals surface area contributed by atoms with Crippen LogP contribution in [0.2, 0.25) is 0 Å². The van der Waals surface area contributed by atoms with Gasteiger partial charge in [-0.15, -0.1) is 0 Å². The van der Waals surface area contributed by atoms with Crippen LogP contribution in [-0.2, 0) is 6.42 Å². The van der Waals surface area contributed by atoms with E-state index in [1.54, 1.807) is 0 Å². The van der Waals surface area contributed by atoms with Gasteiger partial charge in [0.15, 0.2) is 0 Å². The molecule has 17 heavy (non-hydrogen) atoms. The zero-order valence-electron chi connectivity index (χ0n) is 12.3.